The average molecular weight is 256 g/mol. The molecule has 0 radical (unpaired) electrons. The molecule has 1 aromatic rings. The first kappa shape index (κ1) is 12.5. The van der Waals surface area contributed by atoms with Gasteiger partial charge in [0.2, 0.25) is 0 Å². The van der Waals surface area contributed by atoms with Crippen molar-refractivity contribution in [2.75, 3.05) is 20.8 Å². The van der Waals surface area contributed by atoms with Gasteiger partial charge in [0, 0.05) is 23.2 Å². The van der Waals surface area contributed by atoms with E-state index in [9.17, 15) is 0 Å². The topological polar surface area (TPSA) is 30.5 Å². The van der Waals surface area contributed by atoms with E-state index in [0.717, 1.165) is 30.4 Å². The van der Waals surface area contributed by atoms with Gasteiger partial charge < -0.3 is 14.8 Å². The molecule has 94 valence electrons. The van der Waals surface area contributed by atoms with E-state index < -0.39 is 0 Å². The number of halogens is 1. The molecular formula is C13H18ClNO2. The maximum Gasteiger partial charge on any atom is 0.165 e. The smallest absolute Gasteiger partial charge is 0.165 e. The van der Waals surface area contributed by atoms with E-state index in [1.54, 1.807) is 13.2 Å². The molecule has 0 amide bonds. The monoisotopic (exact) mass is 255 g/mol. The third-order valence-electron chi connectivity index (χ3n) is 2.84. The van der Waals surface area contributed by atoms with Gasteiger partial charge in [0.25, 0.3) is 0 Å². The minimum absolute atomic E-state index is 0.672. The second-order valence-corrected chi connectivity index (χ2v) is 4.82. The predicted molar refractivity (Wildman–Crippen MR) is 69.0 cm³/mol. The highest BCUT2D eigenvalue weighted by Gasteiger charge is 2.23. The third-order valence-corrected chi connectivity index (χ3v) is 3.06. The van der Waals surface area contributed by atoms with Crippen LogP contribution in [-0.2, 0) is 6.54 Å². The Morgan fingerprint density at radius 3 is 2.76 bits per heavy atom. The fourth-order valence-electron chi connectivity index (χ4n) is 1.75. The second kappa shape index (κ2) is 5.61. The lowest BCUT2D eigenvalue weighted by Crippen LogP contribution is -2.09. The number of nitrogens with one attached hydrogen (secondary N) is 1. The van der Waals surface area contributed by atoms with Crippen LogP contribution in [0.25, 0.3) is 0 Å². The number of rotatable bonds is 6. The van der Waals surface area contributed by atoms with Crippen molar-refractivity contribution in [3.63, 3.8) is 0 Å². The van der Waals surface area contributed by atoms with E-state index in [-0.39, 0.29) is 0 Å². The molecule has 1 saturated carbocycles. The summed E-state index contributed by atoms with van der Waals surface area (Å²) in [4.78, 5) is 0. The minimum atomic E-state index is 0.672. The highest BCUT2D eigenvalue weighted by Crippen LogP contribution is 2.37. The molecule has 0 saturated heterocycles. The molecule has 1 aliphatic carbocycles. The fourth-order valence-corrected chi connectivity index (χ4v) is 1.98. The van der Waals surface area contributed by atoms with Crippen molar-refractivity contribution in [1.82, 2.24) is 5.32 Å². The van der Waals surface area contributed by atoms with Crippen molar-refractivity contribution in [3.8, 4) is 11.5 Å². The molecule has 0 aliphatic heterocycles. The summed E-state index contributed by atoms with van der Waals surface area (Å²) in [5.74, 6) is 2.25. The minimum Gasteiger partial charge on any atom is -0.493 e. The molecule has 1 aromatic carbocycles. The van der Waals surface area contributed by atoms with Crippen molar-refractivity contribution in [1.29, 1.82) is 0 Å². The van der Waals surface area contributed by atoms with E-state index in [2.05, 4.69) is 5.32 Å². The first-order chi connectivity index (χ1) is 8.24. The lowest BCUT2D eigenvalue weighted by molar-refractivity contribution is 0.277. The lowest BCUT2D eigenvalue weighted by Gasteiger charge is -2.15. The molecular weight excluding hydrogens is 238 g/mol. The van der Waals surface area contributed by atoms with Gasteiger partial charge in [0.15, 0.2) is 11.5 Å². The summed E-state index contributed by atoms with van der Waals surface area (Å²) >= 11 is 6.05. The summed E-state index contributed by atoms with van der Waals surface area (Å²) in [6, 6.07) is 3.71. The Bertz CT molecular complexity index is 391. The summed E-state index contributed by atoms with van der Waals surface area (Å²) in [5, 5.41) is 3.78. The van der Waals surface area contributed by atoms with Crippen LogP contribution in [-0.4, -0.2) is 20.8 Å². The number of methoxy groups -OCH3 is 1. The Hall–Kier alpha value is -0.930. The summed E-state index contributed by atoms with van der Waals surface area (Å²) in [7, 11) is 3.54. The zero-order valence-corrected chi connectivity index (χ0v) is 11.0. The van der Waals surface area contributed by atoms with Gasteiger partial charge >= 0.3 is 0 Å². The van der Waals surface area contributed by atoms with Gasteiger partial charge in [-0.3, -0.25) is 0 Å². The Kier molecular flexibility index (Phi) is 4.13. The Labute approximate surface area is 107 Å². The molecule has 0 atom stereocenters. The quantitative estimate of drug-likeness (QED) is 0.848. The molecule has 4 heteroatoms. The number of benzene rings is 1. The average Bonchev–Trinajstić information content (AvgIpc) is 3.11. The number of hydrogen-bond donors (Lipinski definition) is 1. The highest BCUT2D eigenvalue weighted by atomic mass is 35.5. The van der Waals surface area contributed by atoms with Crippen molar-refractivity contribution in [2.24, 2.45) is 5.92 Å². The van der Waals surface area contributed by atoms with Gasteiger partial charge in [-0.2, -0.15) is 0 Å². The zero-order chi connectivity index (χ0) is 12.3. The molecule has 1 aliphatic rings. The van der Waals surface area contributed by atoms with Gasteiger partial charge in [0.1, 0.15) is 0 Å². The van der Waals surface area contributed by atoms with Crippen LogP contribution in [0.4, 0.5) is 0 Å². The zero-order valence-electron chi connectivity index (χ0n) is 10.3. The largest absolute Gasteiger partial charge is 0.493 e. The molecule has 2 rings (SSSR count). The van der Waals surface area contributed by atoms with E-state index in [4.69, 9.17) is 21.1 Å². The summed E-state index contributed by atoms with van der Waals surface area (Å²) in [6.45, 7) is 1.49. The van der Waals surface area contributed by atoms with Crippen molar-refractivity contribution < 1.29 is 9.47 Å². The molecule has 0 heterocycles. The lowest BCUT2D eigenvalue weighted by atomic mass is 10.2. The predicted octanol–water partition coefficient (Wildman–Crippen LogP) is 2.86. The normalized spacial score (nSPS) is 14.8. The molecule has 1 fully saturated rings. The van der Waals surface area contributed by atoms with Crippen LogP contribution in [0.3, 0.4) is 0 Å². The van der Waals surface area contributed by atoms with Crippen molar-refractivity contribution >= 4 is 11.6 Å². The maximum atomic E-state index is 6.05. The summed E-state index contributed by atoms with van der Waals surface area (Å²) in [5.41, 5.74) is 1.04. The van der Waals surface area contributed by atoms with Crippen molar-refractivity contribution in [3.05, 3.63) is 22.7 Å². The molecule has 17 heavy (non-hydrogen) atoms. The molecule has 0 spiro atoms. The summed E-state index contributed by atoms with van der Waals surface area (Å²) in [6.07, 6.45) is 2.55. The van der Waals surface area contributed by atoms with E-state index >= 15 is 0 Å². The van der Waals surface area contributed by atoms with Crippen LogP contribution in [0.1, 0.15) is 18.4 Å². The Morgan fingerprint density at radius 1 is 1.41 bits per heavy atom. The van der Waals surface area contributed by atoms with Gasteiger partial charge in [-0.15, -0.1) is 0 Å². The van der Waals surface area contributed by atoms with Gasteiger partial charge in [-0.1, -0.05) is 11.6 Å². The molecule has 3 nitrogen and oxygen atoms in total. The van der Waals surface area contributed by atoms with E-state index in [0.29, 0.717) is 10.8 Å². The Balaban J connectivity index is 2.22. The van der Waals surface area contributed by atoms with Crippen LogP contribution in [0.2, 0.25) is 5.02 Å². The van der Waals surface area contributed by atoms with Crippen LogP contribution in [0.15, 0.2) is 12.1 Å². The van der Waals surface area contributed by atoms with Gasteiger partial charge in [-0.25, -0.2) is 0 Å². The van der Waals surface area contributed by atoms with E-state index in [1.807, 2.05) is 13.1 Å². The standard InChI is InChI=1S/C13H18ClNO2/c1-15-7-10-5-11(14)6-12(16-2)13(10)17-8-9-3-4-9/h5-6,9,15H,3-4,7-8H2,1-2H3. The molecule has 0 aromatic heterocycles. The molecule has 1 N–H and O–H groups in total. The van der Waals surface area contributed by atoms with Gasteiger partial charge in [0.05, 0.1) is 13.7 Å². The first-order valence-corrected chi connectivity index (χ1v) is 6.26. The number of ether oxygens (including phenoxy) is 2. The second-order valence-electron chi connectivity index (χ2n) is 4.38. The van der Waals surface area contributed by atoms with E-state index in [1.165, 1.54) is 12.8 Å². The SMILES string of the molecule is CNCc1cc(Cl)cc(OC)c1OCC1CC1. The molecule has 0 unspecified atom stereocenters. The first-order valence-electron chi connectivity index (χ1n) is 5.88. The van der Waals surface area contributed by atoms with Crippen LogP contribution >= 0.6 is 11.6 Å². The molecule has 0 bridgehead atoms. The highest BCUT2D eigenvalue weighted by molar-refractivity contribution is 6.30. The van der Waals surface area contributed by atoms with Gasteiger partial charge in [-0.05, 0) is 31.9 Å². The summed E-state index contributed by atoms with van der Waals surface area (Å²) < 4.78 is 11.2. The fraction of sp³-hybridized carbons (Fsp3) is 0.538. The van der Waals surface area contributed by atoms with Crippen molar-refractivity contribution in [2.45, 2.75) is 19.4 Å². The van der Waals surface area contributed by atoms with Crippen LogP contribution in [0, 0.1) is 5.92 Å². The third kappa shape index (κ3) is 3.27. The number of hydrogen-bond acceptors (Lipinski definition) is 3. The van der Waals surface area contributed by atoms with Crippen LogP contribution < -0.4 is 14.8 Å². The maximum absolute atomic E-state index is 6.05. The Morgan fingerprint density at radius 2 is 2.18 bits per heavy atom. The van der Waals surface area contributed by atoms with Crippen LogP contribution in [0.5, 0.6) is 11.5 Å².